The lowest BCUT2D eigenvalue weighted by Gasteiger charge is -2.13. The predicted molar refractivity (Wildman–Crippen MR) is 58.9 cm³/mol. The van der Waals surface area contributed by atoms with Crippen LogP contribution in [0.15, 0.2) is 18.2 Å². The van der Waals surface area contributed by atoms with E-state index in [-0.39, 0.29) is 0 Å². The number of nitriles is 1. The van der Waals surface area contributed by atoms with Gasteiger partial charge in [0.05, 0.1) is 11.6 Å². The van der Waals surface area contributed by atoms with Crippen molar-refractivity contribution in [2.45, 2.75) is 33.6 Å². The summed E-state index contributed by atoms with van der Waals surface area (Å²) >= 11 is 0. The van der Waals surface area contributed by atoms with Crippen LogP contribution in [-0.4, -0.2) is 0 Å². The molecule has 0 amide bonds. The van der Waals surface area contributed by atoms with Crippen molar-refractivity contribution < 1.29 is 0 Å². The van der Waals surface area contributed by atoms with Gasteiger partial charge in [0.1, 0.15) is 0 Å². The molecule has 0 aromatic heterocycles. The highest BCUT2D eigenvalue weighted by Crippen LogP contribution is 2.26. The molecule has 0 unspecified atom stereocenters. The summed E-state index contributed by atoms with van der Waals surface area (Å²) in [4.78, 5) is 0. The fourth-order valence-electron chi connectivity index (χ4n) is 1.59. The zero-order chi connectivity index (χ0) is 10.7. The maximum Gasteiger partial charge on any atom is 0.0997 e. The number of nitrogens with zero attached hydrogens (tertiary/aromatic N) is 1. The lowest BCUT2D eigenvalue weighted by atomic mass is 9.89. The van der Waals surface area contributed by atoms with Gasteiger partial charge in [0.2, 0.25) is 0 Å². The van der Waals surface area contributed by atoms with Crippen molar-refractivity contribution in [2.24, 2.45) is 0 Å². The first kappa shape index (κ1) is 10.8. The molecule has 0 bridgehead atoms. The molecule has 0 aliphatic carbocycles. The minimum Gasteiger partial charge on any atom is -0.192 e. The minimum atomic E-state index is 0.406. The monoisotopic (exact) mass is 186 g/mol. The molecule has 1 nitrogen and oxygen atoms in total. The Kier molecular flexibility index (Phi) is 3.30. The Morgan fingerprint density at radius 3 is 2.36 bits per heavy atom. The minimum absolute atomic E-state index is 0.406. The molecule has 0 heterocycles. The summed E-state index contributed by atoms with van der Waals surface area (Å²) in [5.74, 6) is 1.60. The van der Waals surface area contributed by atoms with Crippen LogP contribution in [0.25, 0.3) is 0 Å². The number of hydrogen-bond acceptors (Lipinski definition) is 1. The Hall–Kier alpha value is -1.29. The number of rotatable bonds is 2. The van der Waals surface area contributed by atoms with Crippen molar-refractivity contribution in [3.05, 3.63) is 40.8 Å². The standard InChI is InChI=1S/C13H16N/c1-9(2)11-6-5-7-12(10(3)4)13(11)8-14/h5-7,9H,1-4H3. The van der Waals surface area contributed by atoms with E-state index in [9.17, 15) is 0 Å². The first-order chi connectivity index (χ1) is 6.57. The van der Waals surface area contributed by atoms with Crippen molar-refractivity contribution >= 4 is 0 Å². The molecule has 1 aromatic rings. The molecular formula is C13H16N. The molecule has 0 aliphatic heterocycles. The van der Waals surface area contributed by atoms with Crippen molar-refractivity contribution in [3.63, 3.8) is 0 Å². The summed E-state index contributed by atoms with van der Waals surface area (Å²) in [5.41, 5.74) is 3.06. The smallest absolute Gasteiger partial charge is 0.0997 e. The molecule has 1 rings (SSSR count). The van der Waals surface area contributed by atoms with Crippen molar-refractivity contribution in [1.82, 2.24) is 0 Å². The maximum absolute atomic E-state index is 9.13. The number of hydrogen-bond donors (Lipinski definition) is 0. The van der Waals surface area contributed by atoms with Crippen LogP contribution >= 0.6 is 0 Å². The van der Waals surface area contributed by atoms with Crippen molar-refractivity contribution in [1.29, 1.82) is 5.26 Å². The highest BCUT2D eigenvalue weighted by molar-refractivity contribution is 5.50. The van der Waals surface area contributed by atoms with E-state index in [1.54, 1.807) is 0 Å². The summed E-state index contributed by atoms with van der Waals surface area (Å²) < 4.78 is 0. The molecule has 0 N–H and O–H groups in total. The van der Waals surface area contributed by atoms with Gasteiger partial charge in [-0.25, -0.2) is 0 Å². The molecule has 1 radical (unpaired) electrons. The Balaban J connectivity index is 3.34. The SMILES string of the molecule is C[C](C)c1cccc(C(C)C)c1C#N. The van der Waals surface area contributed by atoms with Gasteiger partial charge in [-0.15, -0.1) is 0 Å². The van der Waals surface area contributed by atoms with E-state index in [1.165, 1.54) is 5.92 Å². The van der Waals surface area contributed by atoms with Gasteiger partial charge < -0.3 is 0 Å². The number of benzene rings is 1. The van der Waals surface area contributed by atoms with Crippen LogP contribution in [0.4, 0.5) is 0 Å². The largest absolute Gasteiger partial charge is 0.192 e. The van der Waals surface area contributed by atoms with E-state index in [0.29, 0.717) is 5.92 Å². The molecule has 0 saturated heterocycles. The Morgan fingerprint density at radius 1 is 1.29 bits per heavy atom. The molecular weight excluding hydrogens is 170 g/mol. The van der Waals surface area contributed by atoms with Gasteiger partial charge in [-0.05, 0) is 17.0 Å². The molecule has 73 valence electrons. The van der Waals surface area contributed by atoms with E-state index in [1.807, 2.05) is 32.0 Å². The molecule has 0 fully saturated rings. The maximum atomic E-state index is 9.13. The summed E-state index contributed by atoms with van der Waals surface area (Å²) in [6.45, 7) is 8.32. The van der Waals surface area contributed by atoms with Crippen molar-refractivity contribution in [3.8, 4) is 6.07 Å². The van der Waals surface area contributed by atoms with Gasteiger partial charge in [0.25, 0.3) is 0 Å². The lowest BCUT2D eigenvalue weighted by molar-refractivity contribution is 0.858. The second-order valence-electron chi connectivity index (χ2n) is 4.04. The zero-order valence-corrected chi connectivity index (χ0v) is 9.26. The molecule has 1 aromatic carbocycles. The quantitative estimate of drug-likeness (QED) is 0.691. The summed E-state index contributed by atoms with van der Waals surface area (Å²) in [6.07, 6.45) is 0. The highest BCUT2D eigenvalue weighted by Gasteiger charge is 2.12. The Labute approximate surface area is 86.4 Å². The van der Waals surface area contributed by atoms with Gasteiger partial charge in [-0.3, -0.25) is 0 Å². The molecule has 0 aliphatic rings. The third kappa shape index (κ3) is 1.96. The van der Waals surface area contributed by atoms with Gasteiger partial charge >= 0.3 is 0 Å². The third-order valence-corrected chi connectivity index (χ3v) is 2.37. The lowest BCUT2D eigenvalue weighted by Crippen LogP contribution is -2.00. The van der Waals surface area contributed by atoms with E-state index >= 15 is 0 Å². The third-order valence-electron chi connectivity index (χ3n) is 2.37. The van der Waals surface area contributed by atoms with Crippen LogP contribution in [0, 0.1) is 17.2 Å². The summed E-state index contributed by atoms with van der Waals surface area (Å²) in [6, 6.07) is 8.38. The van der Waals surface area contributed by atoms with Crippen LogP contribution in [0.3, 0.4) is 0 Å². The Bertz CT molecular complexity index is 330. The molecule has 0 saturated carbocycles. The van der Waals surface area contributed by atoms with Gasteiger partial charge in [0.15, 0.2) is 0 Å². The van der Waals surface area contributed by atoms with Crippen LogP contribution in [0.1, 0.15) is 50.3 Å². The van der Waals surface area contributed by atoms with Crippen LogP contribution < -0.4 is 0 Å². The van der Waals surface area contributed by atoms with Crippen LogP contribution in [0.2, 0.25) is 0 Å². The Morgan fingerprint density at radius 2 is 1.93 bits per heavy atom. The summed E-state index contributed by atoms with van der Waals surface area (Å²) in [5, 5.41) is 9.13. The van der Waals surface area contributed by atoms with Crippen LogP contribution in [-0.2, 0) is 0 Å². The van der Waals surface area contributed by atoms with E-state index in [0.717, 1.165) is 16.7 Å². The average molecular weight is 186 g/mol. The second kappa shape index (κ2) is 4.28. The topological polar surface area (TPSA) is 23.8 Å². The first-order valence-corrected chi connectivity index (χ1v) is 4.91. The molecule has 14 heavy (non-hydrogen) atoms. The normalized spacial score (nSPS) is 10.6. The van der Waals surface area contributed by atoms with E-state index in [2.05, 4.69) is 19.9 Å². The average Bonchev–Trinajstić information content (AvgIpc) is 2.16. The van der Waals surface area contributed by atoms with Gasteiger partial charge in [-0.1, -0.05) is 45.9 Å². The van der Waals surface area contributed by atoms with Gasteiger partial charge in [-0.2, -0.15) is 5.26 Å². The van der Waals surface area contributed by atoms with Gasteiger partial charge in [0, 0.05) is 5.92 Å². The van der Waals surface area contributed by atoms with E-state index < -0.39 is 0 Å². The highest BCUT2D eigenvalue weighted by atomic mass is 14.3. The molecule has 0 atom stereocenters. The zero-order valence-electron chi connectivity index (χ0n) is 9.26. The molecule has 0 spiro atoms. The summed E-state index contributed by atoms with van der Waals surface area (Å²) in [7, 11) is 0. The predicted octanol–water partition coefficient (Wildman–Crippen LogP) is 3.64. The van der Waals surface area contributed by atoms with Crippen LogP contribution in [0.5, 0.6) is 0 Å². The molecule has 1 heteroatoms. The fraction of sp³-hybridized carbons (Fsp3) is 0.385. The first-order valence-electron chi connectivity index (χ1n) is 4.91. The second-order valence-corrected chi connectivity index (χ2v) is 4.04. The van der Waals surface area contributed by atoms with E-state index in [4.69, 9.17) is 5.26 Å². The van der Waals surface area contributed by atoms with Crippen molar-refractivity contribution in [2.75, 3.05) is 0 Å². The fourth-order valence-corrected chi connectivity index (χ4v) is 1.59.